The molecular formula is C21H23N3O5. The van der Waals surface area contributed by atoms with E-state index in [-0.39, 0.29) is 25.0 Å². The molecule has 2 aromatic carbocycles. The van der Waals surface area contributed by atoms with Gasteiger partial charge in [-0.3, -0.25) is 9.59 Å². The number of carbonyl (C=O) groups is 2. The molecule has 0 radical (unpaired) electrons. The Balaban J connectivity index is 1.49. The molecule has 152 valence electrons. The Bertz CT molecular complexity index is 948. The van der Waals surface area contributed by atoms with Gasteiger partial charge in [-0.2, -0.15) is 0 Å². The largest absolute Gasteiger partial charge is 0.494 e. The van der Waals surface area contributed by atoms with Gasteiger partial charge in [-0.15, -0.1) is 0 Å². The van der Waals surface area contributed by atoms with Crippen LogP contribution < -0.4 is 25.4 Å². The van der Waals surface area contributed by atoms with Gasteiger partial charge in [-0.05, 0) is 30.2 Å². The molecule has 1 spiro atoms. The van der Waals surface area contributed by atoms with Crippen LogP contribution in [0, 0.1) is 0 Å². The number of aliphatic hydroxyl groups excluding tert-OH is 1. The van der Waals surface area contributed by atoms with Gasteiger partial charge in [-0.25, -0.2) is 0 Å². The van der Waals surface area contributed by atoms with Crippen molar-refractivity contribution in [1.29, 1.82) is 0 Å². The Morgan fingerprint density at radius 3 is 2.93 bits per heavy atom. The number of fused-ring (bicyclic) bond motifs is 2. The van der Waals surface area contributed by atoms with E-state index in [4.69, 9.17) is 14.6 Å². The molecule has 2 atom stereocenters. The van der Waals surface area contributed by atoms with E-state index in [1.165, 1.54) is 7.11 Å². The molecule has 4 N–H and O–H groups in total. The summed E-state index contributed by atoms with van der Waals surface area (Å²) in [6.07, 6.45) is 0.377. The summed E-state index contributed by atoms with van der Waals surface area (Å²) < 4.78 is 10.7. The third kappa shape index (κ3) is 3.41. The molecule has 2 aromatic rings. The zero-order chi connectivity index (χ0) is 20.4. The van der Waals surface area contributed by atoms with Crippen molar-refractivity contribution in [3.63, 3.8) is 0 Å². The summed E-state index contributed by atoms with van der Waals surface area (Å²) in [5.74, 6) is 0.669. The lowest BCUT2D eigenvalue weighted by molar-refractivity contribution is -0.120. The molecule has 2 heterocycles. The van der Waals surface area contributed by atoms with Crippen LogP contribution in [0.1, 0.15) is 12.0 Å². The number of rotatable bonds is 6. The van der Waals surface area contributed by atoms with Crippen LogP contribution >= 0.6 is 0 Å². The number of hydrogen-bond acceptors (Lipinski definition) is 6. The fourth-order valence-corrected chi connectivity index (χ4v) is 3.98. The minimum absolute atomic E-state index is 0.0792. The highest BCUT2D eigenvalue weighted by Gasteiger charge is 2.52. The van der Waals surface area contributed by atoms with Crippen molar-refractivity contribution in [2.45, 2.75) is 17.9 Å². The van der Waals surface area contributed by atoms with Crippen LogP contribution in [-0.4, -0.2) is 49.8 Å². The number of hydrogen-bond donors (Lipinski definition) is 4. The Hall–Kier alpha value is -3.10. The lowest BCUT2D eigenvalue weighted by atomic mass is 9.79. The lowest BCUT2D eigenvalue weighted by Crippen LogP contribution is -2.36. The molecule has 8 heteroatoms. The highest BCUT2D eigenvalue weighted by molar-refractivity contribution is 6.08. The summed E-state index contributed by atoms with van der Waals surface area (Å²) in [5.41, 5.74) is 1.51. The van der Waals surface area contributed by atoms with Gasteiger partial charge in [0.05, 0.1) is 30.9 Å². The van der Waals surface area contributed by atoms with Crippen molar-refractivity contribution in [3.8, 4) is 11.5 Å². The van der Waals surface area contributed by atoms with Gasteiger partial charge in [-0.1, -0.05) is 18.2 Å². The van der Waals surface area contributed by atoms with Gasteiger partial charge in [0, 0.05) is 18.3 Å². The van der Waals surface area contributed by atoms with Gasteiger partial charge in [0.1, 0.15) is 18.1 Å². The molecule has 29 heavy (non-hydrogen) atoms. The second-order valence-electron chi connectivity index (χ2n) is 7.14. The highest BCUT2D eigenvalue weighted by Crippen LogP contribution is 2.43. The zero-order valence-corrected chi connectivity index (χ0v) is 16.0. The van der Waals surface area contributed by atoms with Crippen LogP contribution in [0.4, 0.5) is 11.4 Å². The average molecular weight is 397 g/mol. The van der Waals surface area contributed by atoms with Gasteiger partial charge in [0.2, 0.25) is 11.8 Å². The Morgan fingerprint density at radius 2 is 2.14 bits per heavy atom. The Kier molecular flexibility index (Phi) is 5.12. The monoisotopic (exact) mass is 397 g/mol. The van der Waals surface area contributed by atoms with E-state index in [1.807, 2.05) is 24.3 Å². The number of ether oxygens (including phenoxy) is 2. The molecule has 2 aliphatic heterocycles. The lowest BCUT2D eigenvalue weighted by Gasteiger charge is -2.20. The molecule has 0 saturated carbocycles. The van der Waals surface area contributed by atoms with E-state index in [9.17, 15) is 9.59 Å². The first-order valence-corrected chi connectivity index (χ1v) is 9.44. The SMILES string of the molecule is COc1cc(OCCO)ccc1NC(=O)C1CC2(CN1)C(=O)Nc1ccccc12. The van der Waals surface area contributed by atoms with Crippen LogP contribution in [0.25, 0.3) is 0 Å². The van der Waals surface area contributed by atoms with Gasteiger partial charge >= 0.3 is 0 Å². The van der Waals surface area contributed by atoms with Gasteiger partial charge in [0.15, 0.2) is 0 Å². The molecule has 0 aliphatic carbocycles. The van der Waals surface area contributed by atoms with Crippen molar-refractivity contribution in [3.05, 3.63) is 48.0 Å². The predicted octanol–water partition coefficient (Wildman–Crippen LogP) is 1.26. The van der Waals surface area contributed by atoms with E-state index < -0.39 is 11.5 Å². The average Bonchev–Trinajstić information content (AvgIpc) is 3.30. The van der Waals surface area contributed by atoms with Crippen molar-refractivity contribution in [2.75, 3.05) is 37.5 Å². The summed E-state index contributed by atoms with van der Waals surface area (Å²) in [6.45, 7) is 0.484. The molecule has 2 aliphatic rings. The number of benzene rings is 2. The quantitative estimate of drug-likeness (QED) is 0.584. The second kappa shape index (κ2) is 7.73. The minimum Gasteiger partial charge on any atom is -0.494 e. The van der Waals surface area contributed by atoms with Crippen LogP contribution in [0.2, 0.25) is 0 Å². The molecule has 2 amide bonds. The maximum absolute atomic E-state index is 12.9. The molecule has 1 saturated heterocycles. The van der Waals surface area contributed by atoms with E-state index in [2.05, 4.69) is 16.0 Å². The molecule has 1 fully saturated rings. The van der Waals surface area contributed by atoms with Crippen molar-refractivity contribution in [1.82, 2.24) is 5.32 Å². The topological polar surface area (TPSA) is 109 Å². The first kappa shape index (κ1) is 19.2. The van der Waals surface area contributed by atoms with Crippen LogP contribution in [0.15, 0.2) is 42.5 Å². The van der Waals surface area contributed by atoms with E-state index >= 15 is 0 Å². The van der Waals surface area contributed by atoms with Crippen LogP contribution in [0.5, 0.6) is 11.5 Å². The van der Waals surface area contributed by atoms with E-state index in [0.717, 1.165) is 11.3 Å². The highest BCUT2D eigenvalue weighted by atomic mass is 16.5. The zero-order valence-electron chi connectivity index (χ0n) is 16.0. The number of methoxy groups -OCH3 is 1. The predicted molar refractivity (Wildman–Crippen MR) is 107 cm³/mol. The number of para-hydroxylation sites is 1. The first-order valence-electron chi connectivity index (χ1n) is 9.44. The third-order valence-corrected chi connectivity index (χ3v) is 5.44. The summed E-state index contributed by atoms with van der Waals surface area (Å²) in [6, 6.07) is 12.1. The maximum Gasteiger partial charge on any atom is 0.241 e. The number of carbonyl (C=O) groups excluding carboxylic acids is 2. The Morgan fingerprint density at radius 1 is 1.31 bits per heavy atom. The standard InChI is InChI=1S/C21H23N3O5/c1-28-18-10-13(29-9-8-25)6-7-16(18)23-19(26)17-11-21(12-22-17)14-4-2-3-5-15(14)24-20(21)27/h2-7,10,17,22,25H,8-9,11-12H2,1H3,(H,23,26)(H,24,27). The molecule has 2 unspecified atom stereocenters. The normalized spacial score (nSPS) is 22.3. The van der Waals surface area contributed by atoms with E-state index in [1.54, 1.807) is 18.2 Å². The van der Waals surface area contributed by atoms with Gasteiger partial charge in [0.25, 0.3) is 0 Å². The first-order chi connectivity index (χ1) is 14.1. The van der Waals surface area contributed by atoms with Gasteiger partial charge < -0.3 is 30.5 Å². The smallest absolute Gasteiger partial charge is 0.241 e. The van der Waals surface area contributed by atoms with Crippen molar-refractivity contribution < 1.29 is 24.2 Å². The minimum atomic E-state index is -0.731. The summed E-state index contributed by atoms with van der Waals surface area (Å²) in [4.78, 5) is 25.5. The fraction of sp³-hybridized carbons (Fsp3) is 0.333. The summed E-state index contributed by atoms with van der Waals surface area (Å²) in [7, 11) is 1.50. The summed E-state index contributed by atoms with van der Waals surface area (Å²) >= 11 is 0. The van der Waals surface area contributed by atoms with Crippen LogP contribution in [-0.2, 0) is 15.0 Å². The van der Waals surface area contributed by atoms with Crippen molar-refractivity contribution >= 4 is 23.2 Å². The number of amides is 2. The Labute approximate surface area is 168 Å². The molecule has 4 rings (SSSR count). The second-order valence-corrected chi connectivity index (χ2v) is 7.14. The molecule has 0 bridgehead atoms. The number of anilines is 2. The van der Waals surface area contributed by atoms with Crippen molar-refractivity contribution in [2.24, 2.45) is 0 Å². The molecule has 0 aromatic heterocycles. The third-order valence-electron chi connectivity index (χ3n) is 5.44. The molecular weight excluding hydrogens is 374 g/mol. The number of aliphatic hydroxyl groups is 1. The number of nitrogens with one attached hydrogen (secondary N) is 3. The summed E-state index contributed by atoms with van der Waals surface area (Å²) in [5, 5.41) is 17.8. The maximum atomic E-state index is 12.9. The van der Waals surface area contributed by atoms with Crippen LogP contribution in [0.3, 0.4) is 0 Å². The van der Waals surface area contributed by atoms with E-state index in [0.29, 0.717) is 30.2 Å². The molecule has 8 nitrogen and oxygen atoms in total. The fourth-order valence-electron chi connectivity index (χ4n) is 3.98.